The standard InChI is InChI=1S/C19H30N2O2.ClH/c1-14-7-4-5-9-18(14)23-16(3)12-21-19(22)11-15(2)17-8-6-10-20-13-17;/h4-5,7,9,15-17,20H,6,8,10-13H2,1-3H3,(H,21,22);1H. The Morgan fingerprint density at radius 3 is 2.79 bits per heavy atom. The first-order valence-corrected chi connectivity index (χ1v) is 8.76. The number of benzene rings is 1. The fourth-order valence-corrected chi connectivity index (χ4v) is 3.10. The van der Waals surface area contributed by atoms with Gasteiger partial charge in [0.15, 0.2) is 0 Å². The summed E-state index contributed by atoms with van der Waals surface area (Å²) in [5, 5.41) is 6.43. The van der Waals surface area contributed by atoms with Crippen LogP contribution in [0, 0.1) is 18.8 Å². The van der Waals surface area contributed by atoms with Crippen molar-refractivity contribution in [3.63, 3.8) is 0 Å². The first-order chi connectivity index (χ1) is 11.1. The van der Waals surface area contributed by atoms with Gasteiger partial charge >= 0.3 is 0 Å². The summed E-state index contributed by atoms with van der Waals surface area (Å²) >= 11 is 0. The summed E-state index contributed by atoms with van der Waals surface area (Å²) in [6, 6.07) is 7.95. The molecule has 24 heavy (non-hydrogen) atoms. The van der Waals surface area contributed by atoms with E-state index < -0.39 is 0 Å². The monoisotopic (exact) mass is 354 g/mol. The van der Waals surface area contributed by atoms with Crippen molar-refractivity contribution in [2.24, 2.45) is 11.8 Å². The van der Waals surface area contributed by atoms with E-state index >= 15 is 0 Å². The number of amides is 1. The Kier molecular flexibility index (Phi) is 9.16. The average molecular weight is 355 g/mol. The molecule has 1 amide bonds. The summed E-state index contributed by atoms with van der Waals surface area (Å²) in [5.74, 6) is 2.06. The molecule has 1 aliphatic heterocycles. The van der Waals surface area contributed by atoms with Crippen molar-refractivity contribution in [1.82, 2.24) is 10.6 Å². The average Bonchev–Trinajstić information content (AvgIpc) is 2.56. The molecule has 2 rings (SSSR count). The molecule has 1 heterocycles. The van der Waals surface area contributed by atoms with Crippen molar-refractivity contribution in [3.05, 3.63) is 29.8 Å². The van der Waals surface area contributed by atoms with Crippen LogP contribution in [0.4, 0.5) is 0 Å². The molecular formula is C19H31ClN2O2. The lowest BCUT2D eigenvalue weighted by Gasteiger charge is -2.28. The van der Waals surface area contributed by atoms with Gasteiger partial charge in [0.2, 0.25) is 5.91 Å². The first kappa shape index (κ1) is 20.8. The van der Waals surface area contributed by atoms with E-state index in [1.807, 2.05) is 38.1 Å². The third-order valence-corrected chi connectivity index (χ3v) is 4.66. The molecule has 0 radical (unpaired) electrons. The summed E-state index contributed by atoms with van der Waals surface area (Å²) in [4.78, 5) is 12.1. The second-order valence-electron chi connectivity index (χ2n) is 6.79. The van der Waals surface area contributed by atoms with Crippen LogP contribution in [-0.2, 0) is 4.79 Å². The van der Waals surface area contributed by atoms with Crippen molar-refractivity contribution in [2.45, 2.75) is 46.1 Å². The molecule has 1 aliphatic rings. The van der Waals surface area contributed by atoms with E-state index in [-0.39, 0.29) is 24.4 Å². The highest BCUT2D eigenvalue weighted by molar-refractivity contribution is 5.85. The lowest BCUT2D eigenvalue weighted by Crippen LogP contribution is -2.37. The van der Waals surface area contributed by atoms with Crippen LogP contribution < -0.4 is 15.4 Å². The van der Waals surface area contributed by atoms with Crippen LogP contribution in [0.15, 0.2) is 24.3 Å². The topological polar surface area (TPSA) is 50.4 Å². The molecule has 3 atom stereocenters. The highest BCUT2D eigenvalue weighted by Gasteiger charge is 2.22. The zero-order valence-corrected chi connectivity index (χ0v) is 15.8. The number of aryl methyl sites for hydroxylation is 1. The lowest BCUT2D eigenvalue weighted by atomic mass is 9.85. The minimum atomic E-state index is -0.0355. The maximum atomic E-state index is 12.1. The Morgan fingerprint density at radius 1 is 1.38 bits per heavy atom. The first-order valence-electron chi connectivity index (χ1n) is 8.76. The summed E-state index contributed by atoms with van der Waals surface area (Å²) in [6.07, 6.45) is 3.02. The van der Waals surface area contributed by atoms with Crippen LogP contribution in [0.1, 0.15) is 38.7 Å². The van der Waals surface area contributed by atoms with E-state index in [0.717, 1.165) is 24.4 Å². The quantitative estimate of drug-likeness (QED) is 0.789. The minimum Gasteiger partial charge on any atom is -0.489 e. The number of ether oxygens (including phenoxy) is 1. The van der Waals surface area contributed by atoms with Gasteiger partial charge in [0.1, 0.15) is 11.9 Å². The highest BCUT2D eigenvalue weighted by Crippen LogP contribution is 2.22. The third-order valence-electron chi connectivity index (χ3n) is 4.66. The minimum absolute atomic E-state index is 0. The molecule has 0 spiro atoms. The van der Waals surface area contributed by atoms with Gasteiger partial charge in [-0.15, -0.1) is 12.4 Å². The van der Waals surface area contributed by atoms with Gasteiger partial charge in [-0.05, 0) is 63.2 Å². The van der Waals surface area contributed by atoms with E-state index in [0.29, 0.717) is 24.8 Å². The predicted molar refractivity (Wildman–Crippen MR) is 101 cm³/mol. The van der Waals surface area contributed by atoms with Gasteiger partial charge in [0.25, 0.3) is 0 Å². The second-order valence-corrected chi connectivity index (χ2v) is 6.79. The normalized spacial score (nSPS) is 19.7. The molecule has 2 N–H and O–H groups in total. The molecule has 3 unspecified atom stereocenters. The van der Waals surface area contributed by atoms with Crippen LogP contribution in [0.3, 0.4) is 0 Å². The summed E-state index contributed by atoms with van der Waals surface area (Å²) in [7, 11) is 0. The number of carbonyl (C=O) groups excluding carboxylic acids is 1. The second kappa shape index (κ2) is 10.6. The van der Waals surface area contributed by atoms with Crippen LogP contribution in [-0.4, -0.2) is 31.6 Å². The summed E-state index contributed by atoms with van der Waals surface area (Å²) in [6.45, 7) is 8.90. The van der Waals surface area contributed by atoms with Gasteiger partial charge in [0, 0.05) is 6.42 Å². The lowest BCUT2D eigenvalue weighted by molar-refractivity contribution is -0.122. The number of hydrogen-bond acceptors (Lipinski definition) is 3. The Bertz CT molecular complexity index is 504. The molecule has 0 saturated carbocycles. The van der Waals surface area contributed by atoms with Crippen LogP contribution in [0.25, 0.3) is 0 Å². The SMILES string of the molecule is Cc1ccccc1OC(C)CNC(=O)CC(C)C1CCCNC1.Cl. The Morgan fingerprint density at radius 2 is 2.12 bits per heavy atom. The molecule has 0 bridgehead atoms. The number of para-hydroxylation sites is 1. The Balaban J connectivity index is 0.00000288. The zero-order valence-electron chi connectivity index (χ0n) is 15.0. The van der Waals surface area contributed by atoms with Crippen molar-refractivity contribution >= 4 is 18.3 Å². The number of halogens is 1. The largest absolute Gasteiger partial charge is 0.489 e. The number of hydrogen-bond donors (Lipinski definition) is 2. The van der Waals surface area contributed by atoms with Crippen LogP contribution in [0.5, 0.6) is 5.75 Å². The fraction of sp³-hybridized carbons (Fsp3) is 0.632. The molecule has 0 aliphatic carbocycles. The van der Waals surface area contributed by atoms with Crippen LogP contribution in [0.2, 0.25) is 0 Å². The van der Waals surface area contributed by atoms with Crippen LogP contribution >= 0.6 is 12.4 Å². The van der Waals surface area contributed by atoms with Gasteiger partial charge in [-0.3, -0.25) is 4.79 Å². The molecule has 1 aromatic carbocycles. The van der Waals surface area contributed by atoms with E-state index in [2.05, 4.69) is 17.6 Å². The van der Waals surface area contributed by atoms with E-state index in [4.69, 9.17) is 4.74 Å². The zero-order chi connectivity index (χ0) is 16.7. The van der Waals surface area contributed by atoms with Gasteiger partial charge in [0.05, 0.1) is 6.54 Å². The molecule has 136 valence electrons. The highest BCUT2D eigenvalue weighted by atomic mass is 35.5. The molecule has 4 nitrogen and oxygen atoms in total. The fourth-order valence-electron chi connectivity index (χ4n) is 3.10. The summed E-state index contributed by atoms with van der Waals surface area (Å²) in [5.41, 5.74) is 1.11. The molecule has 5 heteroatoms. The molecule has 0 aromatic heterocycles. The molecule has 1 fully saturated rings. The van der Waals surface area contributed by atoms with Gasteiger partial charge in [-0.2, -0.15) is 0 Å². The Labute approximate surface area is 152 Å². The van der Waals surface area contributed by atoms with Gasteiger partial charge in [-0.25, -0.2) is 0 Å². The van der Waals surface area contributed by atoms with Crippen molar-refractivity contribution in [1.29, 1.82) is 0 Å². The van der Waals surface area contributed by atoms with Gasteiger partial charge in [-0.1, -0.05) is 25.1 Å². The number of rotatable bonds is 7. The van der Waals surface area contributed by atoms with E-state index in [1.165, 1.54) is 12.8 Å². The third kappa shape index (κ3) is 6.70. The van der Waals surface area contributed by atoms with E-state index in [1.54, 1.807) is 0 Å². The Hall–Kier alpha value is -1.26. The van der Waals surface area contributed by atoms with Gasteiger partial charge < -0.3 is 15.4 Å². The maximum Gasteiger partial charge on any atom is 0.220 e. The molecule has 1 aromatic rings. The maximum absolute atomic E-state index is 12.1. The smallest absolute Gasteiger partial charge is 0.220 e. The van der Waals surface area contributed by atoms with E-state index in [9.17, 15) is 4.79 Å². The van der Waals surface area contributed by atoms with Crippen molar-refractivity contribution < 1.29 is 9.53 Å². The number of piperidine rings is 1. The summed E-state index contributed by atoms with van der Waals surface area (Å²) < 4.78 is 5.89. The number of nitrogens with one attached hydrogen (secondary N) is 2. The van der Waals surface area contributed by atoms with Crippen molar-refractivity contribution in [2.75, 3.05) is 19.6 Å². The molecule has 1 saturated heterocycles. The van der Waals surface area contributed by atoms with Crippen molar-refractivity contribution in [3.8, 4) is 5.75 Å². The predicted octanol–water partition coefficient (Wildman–Crippen LogP) is 3.33. The molecular weight excluding hydrogens is 324 g/mol. The number of carbonyl (C=O) groups is 1.